The molecule has 0 saturated carbocycles. The Balaban J connectivity index is 2.25. The summed E-state index contributed by atoms with van der Waals surface area (Å²) in [5.41, 5.74) is 7.91. The highest BCUT2D eigenvalue weighted by Gasteiger charge is 2.13. The fraction of sp³-hybridized carbons (Fsp3) is 0.182. The molecule has 3 rings (SSSR count). The molecule has 1 heteroatoms. The highest BCUT2D eigenvalue weighted by atomic mass is 15.0. The van der Waals surface area contributed by atoms with Crippen LogP contribution in [-0.4, -0.2) is 19.0 Å². The molecule has 1 nitrogen and oxygen atoms in total. The van der Waals surface area contributed by atoms with E-state index in [2.05, 4.69) is 98.7 Å². The Hall–Kier alpha value is -2.38. The summed E-state index contributed by atoms with van der Waals surface area (Å²) in [4.78, 5) is 2.24. The van der Waals surface area contributed by atoms with Crippen molar-refractivity contribution in [3.63, 3.8) is 0 Å². The second-order valence-electron chi connectivity index (χ2n) is 6.31. The molecule has 0 atom stereocenters. The maximum absolute atomic E-state index is 2.31. The Labute approximate surface area is 139 Å². The summed E-state index contributed by atoms with van der Waals surface area (Å²) in [6.45, 7) is 3.10. The fourth-order valence-electron chi connectivity index (χ4n) is 3.05. The van der Waals surface area contributed by atoms with E-state index < -0.39 is 0 Å². The van der Waals surface area contributed by atoms with E-state index in [1.807, 2.05) is 0 Å². The van der Waals surface area contributed by atoms with Gasteiger partial charge in [0.1, 0.15) is 0 Å². The van der Waals surface area contributed by atoms with Crippen LogP contribution < -0.4 is 0 Å². The van der Waals surface area contributed by atoms with Crippen molar-refractivity contribution in [1.29, 1.82) is 0 Å². The molecular formula is C22H23N. The third-order valence-corrected chi connectivity index (χ3v) is 4.04. The van der Waals surface area contributed by atoms with Gasteiger partial charge in [-0.3, -0.25) is 0 Å². The highest BCUT2D eigenvalue weighted by Crippen LogP contribution is 2.34. The number of aryl methyl sites for hydroxylation is 1. The van der Waals surface area contributed by atoms with Gasteiger partial charge in [-0.2, -0.15) is 0 Å². The lowest BCUT2D eigenvalue weighted by molar-refractivity contribution is 0.403. The molecule has 0 N–H and O–H groups in total. The molecule has 3 aromatic rings. The lowest BCUT2D eigenvalue weighted by Crippen LogP contribution is -2.13. The molecule has 0 aromatic heterocycles. The van der Waals surface area contributed by atoms with Gasteiger partial charge in [0.2, 0.25) is 0 Å². The summed E-state index contributed by atoms with van der Waals surface area (Å²) in [7, 11) is 4.26. The monoisotopic (exact) mass is 301 g/mol. The third kappa shape index (κ3) is 3.52. The molecule has 116 valence electrons. The van der Waals surface area contributed by atoms with Gasteiger partial charge in [-0.15, -0.1) is 0 Å². The number of benzene rings is 3. The zero-order chi connectivity index (χ0) is 16.2. The van der Waals surface area contributed by atoms with Crippen LogP contribution in [0.15, 0.2) is 72.8 Å². The first-order chi connectivity index (χ1) is 11.1. The highest BCUT2D eigenvalue weighted by molar-refractivity contribution is 5.79. The summed E-state index contributed by atoms with van der Waals surface area (Å²) in [5.74, 6) is 0. The Kier molecular flexibility index (Phi) is 4.59. The van der Waals surface area contributed by atoms with Crippen molar-refractivity contribution in [2.45, 2.75) is 13.5 Å². The van der Waals surface area contributed by atoms with Gasteiger partial charge in [0.05, 0.1) is 0 Å². The normalized spacial score (nSPS) is 11.0. The van der Waals surface area contributed by atoms with E-state index in [0.29, 0.717) is 0 Å². The smallest absolute Gasteiger partial charge is 0.0239 e. The maximum Gasteiger partial charge on any atom is 0.0239 e. The zero-order valence-electron chi connectivity index (χ0n) is 14.1. The standard InChI is InChI=1S/C22H23N/c1-17-14-20(18-10-6-4-7-11-18)22(16-23(2)3)21(15-17)19-12-8-5-9-13-19/h4-15H,16H2,1-3H3. The molecule has 3 aromatic carbocycles. The van der Waals surface area contributed by atoms with Crippen LogP contribution in [0.1, 0.15) is 11.1 Å². The molecule has 0 bridgehead atoms. The van der Waals surface area contributed by atoms with Crippen LogP contribution in [0, 0.1) is 6.92 Å². The van der Waals surface area contributed by atoms with Crippen LogP contribution in [0.2, 0.25) is 0 Å². The summed E-state index contributed by atoms with van der Waals surface area (Å²) >= 11 is 0. The van der Waals surface area contributed by atoms with Crippen LogP contribution >= 0.6 is 0 Å². The topological polar surface area (TPSA) is 3.24 Å². The van der Waals surface area contributed by atoms with E-state index in [4.69, 9.17) is 0 Å². The van der Waals surface area contributed by atoms with Gasteiger partial charge in [-0.25, -0.2) is 0 Å². The van der Waals surface area contributed by atoms with Crippen molar-refractivity contribution in [2.24, 2.45) is 0 Å². The molecule has 0 unspecified atom stereocenters. The Bertz CT molecular complexity index is 713. The van der Waals surface area contributed by atoms with E-state index in [1.54, 1.807) is 0 Å². The Morgan fingerprint density at radius 3 is 1.52 bits per heavy atom. The van der Waals surface area contributed by atoms with Gasteiger partial charge in [0.25, 0.3) is 0 Å². The van der Waals surface area contributed by atoms with Crippen molar-refractivity contribution in [3.8, 4) is 22.3 Å². The number of hydrogen-bond donors (Lipinski definition) is 0. The summed E-state index contributed by atoms with van der Waals surface area (Å²) in [6.07, 6.45) is 0. The van der Waals surface area contributed by atoms with Crippen molar-refractivity contribution in [1.82, 2.24) is 4.90 Å². The van der Waals surface area contributed by atoms with E-state index >= 15 is 0 Å². The van der Waals surface area contributed by atoms with Gasteiger partial charge < -0.3 is 4.90 Å². The van der Waals surface area contributed by atoms with Crippen LogP contribution in [-0.2, 0) is 6.54 Å². The van der Waals surface area contributed by atoms with Gasteiger partial charge in [0.15, 0.2) is 0 Å². The first-order valence-corrected chi connectivity index (χ1v) is 8.04. The molecule has 0 aliphatic carbocycles. The average molecular weight is 301 g/mol. The van der Waals surface area contributed by atoms with Crippen molar-refractivity contribution >= 4 is 0 Å². The van der Waals surface area contributed by atoms with Crippen LogP contribution in [0.4, 0.5) is 0 Å². The fourth-order valence-corrected chi connectivity index (χ4v) is 3.05. The molecule has 0 saturated heterocycles. The minimum Gasteiger partial charge on any atom is -0.305 e. The largest absolute Gasteiger partial charge is 0.305 e. The van der Waals surface area contributed by atoms with Crippen molar-refractivity contribution in [3.05, 3.63) is 83.9 Å². The quantitative estimate of drug-likeness (QED) is 0.624. The van der Waals surface area contributed by atoms with E-state index in [1.165, 1.54) is 33.4 Å². The first kappa shape index (κ1) is 15.5. The number of rotatable bonds is 4. The molecule has 0 radical (unpaired) electrons. The van der Waals surface area contributed by atoms with E-state index in [0.717, 1.165) is 6.54 Å². The van der Waals surface area contributed by atoms with Gasteiger partial charge in [-0.05, 0) is 54.4 Å². The molecule has 0 amide bonds. The van der Waals surface area contributed by atoms with Gasteiger partial charge >= 0.3 is 0 Å². The van der Waals surface area contributed by atoms with E-state index in [-0.39, 0.29) is 0 Å². The maximum atomic E-state index is 2.31. The summed E-state index contributed by atoms with van der Waals surface area (Å²) in [6, 6.07) is 26.0. The SMILES string of the molecule is Cc1cc(-c2ccccc2)c(CN(C)C)c(-c2ccccc2)c1. The predicted molar refractivity (Wildman–Crippen MR) is 99.4 cm³/mol. The van der Waals surface area contributed by atoms with Crippen LogP contribution in [0.3, 0.4) is 0 Å². The second-order valence-corrected chi connectivity index (χ2v) is 6.31. The zero-order valence-corrected chi connectivity index (χ0v) is 14.1. The molecule has 23 heavy (non-hydrogen) atoms. The summed E-state index contributed by atoms with van der Waals surface area (Å²) in [5, 5.41) is 0. The number of nitrogens with zero attached hydrogens (tertiary/aromatic N) is 1. The van der Waals surface area contributed by atoms with Crippen molar-refractivity contribution < 1.29 is 0 Å². The third-order valence-electron chi connectivity index (χ3n) is 4.04. The average Bonchev–Trinajstić information content (AvgIpc) is 2.57. The van der Waals surface area contributed by atoms with Gasteiger partial charge in [-0.1, -0.05) is 72.8 Å². The van der Waals surface area contributed by atoms with E-state index in [9.17, 15) is 0 Å². The molecular weight excluding hydrogens is 278 g/mol. The van der Waals surface area contributed by atoms with Crippen LogP contribution in [0.5, 0.6) is 0 Å². The summed E-state index contributed by atoms with van der Waals surface area (Å²) < 4.78 is 0. The number of hydrogen-bond acceptors (Lipinski definition) is 1. The molecule has 0 spiro atoms. The second kappa shape index (κ2) is 6.80. The molecule has 0 heterocycles. The molecule has 0 aliphatic heterocycles. The predicted octanol–water partition coefficient (Wildman–Crippen LogP) is 5.39. The Morgan fingerprint density at radius 1 is 0.696 bits per heavy atom. The Morgan fingerprint density at radius 2 is 1.13 bits per heavy atom. The molecule has 0 fully saturated rings. The lowest BCUT2D eigenvalue weighted by atomic mass is 9.89. The van der Waals surface area contributed by atoms with Crippen LogP contribution in [0.25, 0.3) is 22.3 Å². The van der Waals surface area contributed by atoms with Crippen molar-refractivity contribution in [2.75, 3.05) is 14.1 Å². The molecule has 0 aliphatic rings. The minimum absolute atomic E-state index is 0.925. The lowest BCUT2D eigenvalue weighted by Gasteiger charge is -2.20. The van der Waals surface area contributed by atoms with Gasteiger partial charge in [0, 0.05) is 6.54 Å². The minimum atomic E-state index is 0.925. The first-order valence-electron chi connectivity index (χ1n) is 8.04.